The molecule has 0 radical (unpaired) electrons. The van der Waals surface area contributed by atoms with E-state index in [0.29, 0.717) is 16.7 Å². The minimum Gasteiger partial charge on any atom is -0.465 e. The van der Waals surface area contributed by atoms with Gasteiger partial charge in [-0.15, -0.1) is 0 Å². The minimum atomic E-state index is -1.66. The van der Waals surface area contributed by atoms with Gasteiger partial charge in [0.15, 0.2) is 11.4 Å². The monoisotopic (exact) mass is 358 g/mol. The summed E-state index contributed by atoms with van der Waals surface area (Å²) in [5, 5.41) is 11.5. The van der Waals surface area contributed by atoms with Crippen molar-refractivity contribution < 1.29 is 19.4 Å². The maximum absolute atomic E-state index is 13.2. The summed E-state index contributed by atoms with van der Waals surface area (Å²) in [7, 11) is 1.33. The van der Waals surface area contributed by atoms with E-state index in [1.807, 2.05) is 30.3 Å². The molecule has 27 heavy (non-hydrogen) atoms. The van der Waals surface area contributed by atoms with Crippen LogP contribution in [0.5, 0.6) is 0 Å². The molecule has 1 unspecified atom stereocenters. The van der Waals surface area contributed by atoms with Crippen molar-refractivity contribution in [2.45, 2.75) is 12.0 Å². The van der Waals surface area contributed by atoms with Crippen LogP contribution in [0.15, 0.2) is 72.8 Å². The van der Waals surface area contributed by atoms with Gasteiger partial charge in [-0.2, -0.15) is 0 Å². The lowest BCUT2D eigenvalue weighted by Crippen LogP contribution is -2.41. The predicted octanol–water partition coefficient (Wildman–Crippen LogP) is 3.77. The van der Waals surface area contributed by atoms with Crippen molar-refractivity contribution in [1.82, 2.24) is 0 Å². The number of aliphatic hydroxyl groups is 1. The van der Waals surface area contributed by atoms with Crippen molar-refractivity contribution >= 4 is 11.8 Å². The van der Waals surface area contributed by atoms with Gasteiger partial charge in [0.2, 0.25) is 0 Å². The zero-order chi connectivity index (χ0) is 19.0. The van der Waals surface area contributed by atoms with Crippen molar-refractivity contribution in [2.75, 3.05) is 7.11 Å². The standard InChI is InChI=1S/C23H18O4/c1-27-22(25)16-12-10-15(11-13-16)14-23(26)20-9-5-4-7-18(20)17-6-2-3-8-19(17)21(23)24/h2-13,26H,14H2,1H3. The molecule has 0 spiro atoms. The number of methoxy groups -OCH3 is 1. The third-order valence-electron chi connectivity index (χ3n) is 5.05. The second kappa shape index (κ2) is 6.49. The third kappa shape index (κ3) is 2.75. The molecule has 1 N–H and O–H groups in total. The molecule has 4 nitrogen and oxygen atoms in total. The number of fused-ring (bicyclic) bond motifs is 3. The molecular weight excluding hydrogens is 340 g/mol. The molecule has 0 amide bonds. The minimum absolute atomic E-state index is 0.124. The lowest BCUT2D eigenvalue weighted by Gasteiger charge is -2.34. The molecule has 1 atom stereocenters. The van der Waals surface area contributed by atoms with Crippen LogP contribution in [0, 0.1) is 0 Å². The molecule has 0 aromatic heterocycles. The van der Waals surface area contributed by atoms with Crippen LogP contribution < -0.4 is 0 Å². The lowest BCUT2D eigenvalue weighted by molar-refractivity contribution is 0.0293. The van der Waals surface area contributed by atoms with Crippen molar-refractivity contribution in [2.24, 2.45) is 0 Å². The summed E-state index contributed by atoms with van der Waals surface area (Å²) in [5.74, 6) is -0.734. The van der Waals surface area contributed by atoms with E-state index < -0.39 is 11.6 Å². The van der Waals surface area contributed by atoms with E-state index in [-0.39, 0.29) is 12.2 Å². The Hall–Kier alpha value is -3.24. The van der Waals surface area contributed by atoms with E-state index >= 15 is 0 Å². The Morgan fingerprint density at radius 2 is 1.48 bits per heavy atom. The van der Waals surface area contributed by atoms with Gasteiger partial charge >= 0.3 is 5.97 Å². The Morgan fingerprint density at radius 3 is 2.15 bits per heavy atom. The van der Waals surface area contributed by atoms with Gasteiger partial charge in [0, 0.05) is 12.0 Å². The van der Waals surface area contributed by atoms with Gasteiger partial charge in [0.25, 0.3) is 0 Å². The van der Waals surface area contributed by atoms with Crippen molar-refractivity contribution in [3.8, 4) is 11.1 Å². The summed E-state index contributed by atoms with van der Waals surface area (Å²) in [4.78, 5) is 24.8. The summed E-state index contributed by atoms with van der Waals surface area (Å²) in [6, 6.07) is 21.5. The zero-order valence-electron chi connectivity index (χ0n) is 14.8. The van der Waals surface area contributed by atoms with E-state index in [1.165, 1.54) is 7.11 Å². The van der Waals surface area contributed by atoms with Crippen LogP contribution >= 0.6 is 0 Å². The number of hydrogen-bond donors (Lipinski definition) is 1. The Morgan fingerprint density at radius 1 is 0.889 bits per heavy atom. The quantitative estimate of drug-likeness (QED) is 0.724. The normalized spacial score (nSPS) is 17.8. The number of carbonyl (C=O) groups excluding carboxylic acids is 2. The lowest BCUT2D eigenvalue weighted by atomic mass is 9.72. The maximum Gasteiger partial charge on any atom is 0.337 e. The van der Waals surface area contributed by atoms with Crippen molar-refractivity contribution in [3.63, 3.8) is 0 Å². The summed E-state index contributed by atoms with van der Waals surface area (Å²) in [5.41, 5.74) is 2.35. The van der Waals surface area contributed by atoms with Crippen molar-refractivity contribution in [1.29, 1.82) is 0 Å². The molecule has 0 saturated carbocycles. The Balaban J connectivity index is 1.78. The molecule has 4 heteroatoms. The number of ether oxygens (including phenoxy) is 1. The summed E-state index contributed by atoms with van der Waals surface area (Å²) >= 11 is 0. The first-order valence-corrected chi connectivity index (χ1v) is 8.68. The van der Waals surface area contributed by atoms with Crippen LogP contribution in [-0.4, -0.2) is 24.0 Å². The molecule has 4 rings (SSSR count). The van der Waals surface area contributed by atoms with Crippen LogP contribution in [0.2, 0.25) is 0 Å². The zero-order valence-corrected chi connectivity index (χ0v) is 14.8. The van der Waals surface area contributed by atoms with E-state index in [1.54, 1.807) is 42.5 Å². The number of benzene rings is 3. The van der Waals surface area contributed by atoms with Gasteiger partial charge in [-0.05, 0) is 34.4 Å². The van der Waals surface area contributed by atoms with Gasteiger partial charge in [-0.25, -0.2) is 4.79 Å². The van der Waals surface area contributed by atoms with Gasteiger partial charge in [0.05, 0.1) is 12.7 Å². The van der Waals surface area contributed by atoms with Crippen LogP contribution in [0.3, 0.4) is 0 Å². The fourth-order valence-corrected chi connectivity index (χ4v) is 3.69. The molecule has 3 aromatic rings. The fourth-order valence-electron chi connectivity index (χ4n) is 3.69. The first-order chi connectivity index (χ1) is 13.0. The first-order valence-electron chi connectivity index (χ1n) is 8.68. The summed E-state index contributed by atoms with van der Waals surface area (Å²) in [6.45, 7) is 0. The van der Waals surface area contributed by atoms with Crippen LogP contribution in [0.25, 0.3) is 11.1 Å². The Bertz CT molecular complexity index is 1040. The average molecular weight is 358 g/mol. The third-order valence-corrected chi connectivity index (χ3v) is 5.05. The molecule has 0 bridgehead atoms. The van der Waals surface area contributed by atoms with E-state index in [0.717, 1.165) is 16.7 Å². The van der Waals surface area contributed by atoms with Gasteiger partial charge in [-0.3, -0.25) is 4.79 Å². The summed E-state index contributed by atoms with van der Waals surface area (Å²) < 4.78 is 4.71. The summed E-state index contributed by atoms with van der Waals surface area (Å²) in [6.07, 6.45) is 0.124. The molecule has 0 aliphatic heterocycles. The molecule has 0 heterocycles. The number of ketones is 1. The Labute approximate surface area is 157 Å². The van der Waals surface area contributed by atoms with E-state index in [4.69, 9.17) is 4.74 Å². The number of rotatable bonds is 3. The maximum atomic E-state index is 13.2. The van der Waals surface area contributed by atoms with Gasteiger partial charge in [0.1, 0.15) is 0 Å². The van der Waals surface area contributed by atoms with Crippen LogP contribution in [0.1, 0.15) is 31.8 Å². The molecule has 134 valence electrons. The van der Waals surface area contributed by atoms with E-state index in [9.17, 15) is 14.7 Å². The topological polar surface area (TPSA) is 63.6 Å². The highest BCUT2D eigenvalue weighted by Gasteiger charge is 2.44. The van der Waals surface area contributed by atoms with Gasteiger partial charge < -0.3 is 9.84 Å². The van der Waals surface area contributed by atoms with E-state index in [2.05, 4.69) is 0 Å². The second-order valence-electron chi connectivity index (χ2n) is 6.65. The highest BCUT2D eigenvalue weighted by Crippen LogP contribution is 2.43. The highest BCUT2D eigenvalue weighted by atomic mass is 16.5. The Kier molecular flexibility index (Phi) is 4.13. The number of Topliss-reactive ketones (excluding diaryl/α,β-unsaturated/α-hetero) is 1. The number of hydrogen-bond acceptors (Lipinski definition) is 4. The first kappa shape index (κ1) is 17.2. The average Bonchev–Trinajstić information content (AvgIpc) is 2.72. The molecule has 3 aromatic carbocycles. The molecule has 1 aliphatic rings. The molecule has 0 saturated heterocycles. The van der Waals surface area contributed by atoms with Crippen LogP contribution in [-0.2, 0) is 16.8 Å². The fraction of sp³-hybridized carbons (Fsp3) is 0.130. The number of carbonyl (C=O) groups is 2. The molecule has 1 aliphatic carbocycles. The number of esters is 1. The largest absolute Gasteiger partial charge is 0.465 e. The van der Waals surface area contributed by atoms with Crippen molar-refractivity contribution in [3.05, 3.63) is 95.1 Å². The van der Waals surface area contributed by atoms with Crippen LogP contribution in [0.4, 0.5) is 0 Å². The predicted molar refractivity (Wildman–Crippen MR) is 102 cm³/mol. The molecule has 0 fully saturated rings. The molecular formula is C23H18O4. The highest BCUT2D eigenvalue weighted by molar-refractivity contribution is 6.11. The van der Waals surface area contributed by atoms with Gasteiger partial charge in [-0.1, -0.05) is 60.7 Å². The SMILES string of the molecule is COC(=O)c1ccc(CC2(O)C(=O)c3ccccc3-c3ccccc32)cc1. The second-order valence-corrected chi connectivity index (χ2v) is 6.65. The smallest absolute Gasteiger partial charge is 0.337 e.